The van der Waals surface area contributed by atoms with Gasteiger partial charge in [0.05, 0.1) is 18.4 Å². The van der Waals surface area contributed by atoms with E-state index < -0.39 is 0 Å². The highest BCUT2D eigenvalue weighted by Gasteiger charge is 2.22. The van der Waals surface area contributed by atoms with Crippen LogP contribution in [0, 0.1) is 5.92 Å². The SMILES string of the molecule is CCCCCn1c(-c2ccc(N3CCCC3=O)cc2)cn2c(=O)cc(OCCCC3CCCC3)nc12. The van der Waals surface area contributed by atoms with E-state index in [0.29, 0.717) is 24.7 Å². The van der Waals surface area contributed by atoms with E-state index in [-0.39, 0.29) is 11.5 Å². The number of nitrogens with zero attached hydrogens (tertiary/aromatic N) is 4. The van der Waals surface area contributed by atoms with Gasteiger partial charge < -0.3 is 14.2 Å². The van der Waals surface area contributed by atoms with E-state index in [1.165, 1.54) is 38.2 Å². The second-order valence-corrected chi connectivity index (χ2v) is 10.3. The topological polar surface area (TPSA) is 68.8 Å². The third-order valence-corrected chi connectivity index (χ3v) is 7.71. The highest BCUT2D eigenvalue weighted by Crippen LogP contribution is 2.29. The number of carbonyl (C=O) groups excluding carboxylic acids is 1. The van der Waals surface area contributed by atoms with Crippen LogP contribution in [0.1, 0.15) is 77.6 Å². The van der Waals surface area contributed by atoms with Gasteiger partial charge in [-0.1, -0.05) is 57.6 Å². The molecule has 3 aromatic rings. The maximum atomic E-state index is 13.0. The average Bonchev–Trinajstić information content (AvgIpc) is 3.63. The number of fused-ring (bicyclic) bond motifs is 1. The van der Waals surface area contributed by atoms with Crippen LogP contribution in [-0.2, 0) is 11.3 Å². The first-order valence-corrected chi connectivity index (χ1v) is 13.8. The maximum Gasteiger partial charge on any atom is 0.262 e. The molecule has 0 bridgehead atoms. The number of amides is 1. The summed E-state index contributed by atoms with van der Waals surface area (Å²) in [6.45, 7) is 4.34. The number of aryl methyl sites for hydroxylation is 1. The van der Waals surface area contributed by atoms with Gasteiger partial charge in [-0.05, 0) is 49.3 Å². The summed E-state index contributed by atoms with van der Waals surface area (Å²) in [5.41, 5.74) is 2.76. The van der Waals surface area contributed by atoms with E-state index in [2.05, 4.69) is 11.5 Å². The fourth-order valence-electron chi connectivity index (χ4n) is 5.70. The lowest BCUT2D eigenvalue weighted by molar-refractivity contribution is -0.117. The van der Waals surface area contributed by atoms with Gasteiger partial charge >= 0.3 is 0 Å². The van der Waals surface area contributed by atoms with Gasteiger partial charge in [0.15, 0.2) is 0 Å². The Labute approximate surface area is 213 Å². The van der Waals surface area contributed by atoms with Gasteiger partial charge in [0, 0.05) is 31.4 Å². The average molecular weight is 491 g/mol. The maximum absolute atomic E-state index is 13.0. The molecule has 0 radical (unpaired) electrons. The number of hydrogen-bond acceptors (Lipinski definition) is 4. The second kappa shape index (κ2) is 11.3. The first kappa shape index (κ1) is 24.6. The van der Waals surface area contributed by atoms with Gasteiger partial charge in [0.25, 0.3) is 5.56 Å². The fraction of sp³-hybridized carbons (Fsp3) is 0.552. The van der Waals surface area contributed by atoms with Crippen LogP contribution in [0.4, 0.5) is 5.69 Å². The lowest BCUT2D eigenvalue weighted by Gasteiger charge is -2.16. The van der Waals surface area contributed by atoms with Crippen molar-refractivity contribution in [3.63, 3.8) is 0 Å². The summed E-state index contributed by atoms with van der Waals surface area (Å²) in [6, 6.07) is 9.59. The molecule has 0 spiro atoms. The Balaban J connectivity index is 1.40. The fourth-order valence-corrected chi connectivity index (χ4v) is 5.70. The molecule has 2 aliphatic rings. The molecule has 2 aromatic heterocycles. The van der Waals surface area contributed by atoms with Crippen LogP contribution in [0.5, 0.6) is 5.88 Å². The van der Waals surface area contributed by atoms with Crippen LogP contribution in [0.3, 0.4) is 0 Å². The minimum absolute atomic E-state index is 0.124. The van der Waals surface area contributed by atoms with Gasteiger partial charge in [0.2, 0.25) is 17.6 Å². The zero-order valence-corrected chi connectivity index (χ0v) is 21.5. The molecule has 7 nitrogen and oxygen atoms in total. The van der Waals surface area contributed by atoms with E-state index in [0.717, 1.165) is 68.1 Å². The molecule has 3 heterocycles. The molecule has 2 fully saturated rings. The summed E-state index contributed by atoms with van der Waals surface area (Å²) in [6.07, 6.45) is 14.2. The largest absolute Gasteiger partial charge is 0.477 e. The molecule has 1 saturated carbocycles. The number of rotatable bonds is 11. The minimum Gasteiger partial charge on any atom is -0.477 e. The van der Waals surface area contributed by atoms with Crippen molar-refractivity contribution in [2.24, 2.45) is 5.92 Å². The molecular formula is C29H38N4O3. The van der Waals surface area contributed by atoms with E-state index in [1.807, 2.05) is 35.4 Å². The van der Waals surface area contributed by atoms with Gasteiger partial charge in [-0.3, -0.25) is 14.0 Å². The number of anilines is 1. The summed E-state index contributed by atoms with van der Waals surface area (Å²) < 4.78 is 9.72. The van der Waals surface area contributed by atoms with Crippen molar-refractivity contribution in [1.29, 1.82) is 0 Å². The summed E-state index contributed by atoms with van der Waals surface area (Å²) in [7, 11) is 0. The Bertz CT molecular complexity index is 1240. The molecule has 1 aliphatic carbocycles. The number of imidazole rings is 1. The standard InChI is InChI=1S/C29H38N4O3/c1-2-3-6-17-32-25(23-13-15-24(16-14-23)31-18-7-12-27(31)34)21-33-28(35)20-26(30-29(32)33)36-19-8-11-22-9-4-5-10-22/h13-16,20-22H,2-12,17-19H2,1H3. The monoisotopic (exact) mass is 490 g/mol. The van der Waals surface area contributed by atoms with Crippen LogP contribution >= 0.6 is 0 Å². The zero-order valence-electron chi connectivity index (χ0n) is 21.5. The van der Waals surface area contributed by atoms with Crippen molar-refractivity contribution >= 4 is 17.4 Å². The number of ether oxygens (including phenoxy) is 1. The predicted molar refractivity (Wildman–Crippen MR) is 143 cm³/mol. The zero-order chi connectivity index (χ0) is 24.9. The van der Waals surface area contributed by atoms with Crippen LogP contribution < -0.4 is 15.2 Å². The molecule has 0 unspecified atom stereocenters. The highest BCUT2D eigenvalue weighted by molar-refractivity contribution is 5.95. The number of carbonyl (C=O) groups is 1. The molecule has 36 heavy (non-hydrogen) atoms. The molecule has 5 rings (SSSR count). The van der Waals surface area contributed by atoms with Crippen LogP contribution in [0.15, 0.2) is 41.3 Å². The number of benzene rings is 1. The van der Waals surface area contributed by atoms with E-state index in [1.54, 1.807) is 4.40 Å². The third kappa shape index (κ3) is 5.35. The Hall–Kier alpha value is -3.09. The first-order valence-electron chi connectivity index (χ1n) is 13.8. The van der Waals surface area contributed by atoms with Gasteiger partial charge in [-0.2, -0.15) is 4.98 Å². The molecule has 192 valence electrons. The highest BCUT2D eigenvalue weighted by atomic mass is 16.5. The smallest absolute Gasteiger partial charge is 0.262 e. The van der Waals surface area contributed by atoms with Crippen molar-refractivity contribution < 1.29 is 9.53 Å². The summed E-state index contributed by atoms with van der Waals surface area (Å²) in [5, 5.41) is 0. The van der Waals surface area contributed by atoms with Crippen molar-refractivity contribution in [2.45, 2.75) is 84.1 Å². The van der Waals surface area contributed by atoms with Crippen molar-refractivity contribution in [3.05, 3.63) is 46.9 Å². The van der Waals surface area contributed by atoms with E-state index >= 15 is 0 Å². The third-order valence-electron chi connectivity index (χ3n) is 7.71. The minimum atomic E-state index is -0.124. The first-order chi connectivity index (χ1) is 17.6. The lowest BCUT2D eigenvalue weighted by Crippen LogP contribution is -2.23. The van der Waals surface area contributed by atoms with Crippen molar-refractivity contribution in [2.75, 3.05) is 18.1 Å². The van der Waals surface area contributed by atoms with Crippen LogP contribution in [0.2, 0.25) is 0 Å². The van der Waals surface area contributed by atoms with Crippen molar-refractivity contribution in [1.82, 2.24) is 14.0 Å². The Morgan fingerprint density at radius 2 is 1.83 bits per heavy atom. The molecular weight excluding hydrogens is 452 g/mol. The quantitative estimate of drug-likeness (QED) is 0.317. The molecule has 1 aromatic carbocycles. The second-order valence-electron chi connectivity index (χ2n) is 10.3. The van der Waals surface area contributed by atoms with Gasteiger partial charge in [-0.15, -0.1) is 0 Å². The van der Waals surface area contributed by atoms with Gasteiger partial charge in [-0.25, -0.2) is 0 Å². The molecule has 0 N–H and O–H groups in total. The van der Waals surface area contributed by atoms with Crippen molar-refractivity contribution in [3.8, 4) is 17.1 Å². The van der Waals surface area contributed by atoms with E-state index in [4.69, 9.17) is 9.72 Å². The lowest BCUT2D eigenvalue weighted by atomic mass is 10.0. The summed E-state index contributed by atoms with van der Waals surface area (Å²) in [4.78, 5) is 31.8. The molecule has 0 atom stereocenters. The summed E-state index contributed by atoms with van der Waals surface area (Å²) >= 11 is 0. The predicted octanol–water partition coefficient (Wildman–Crippen LogP) is 5.83. The molecule has 1 aliphatic heterocycles. The van der Waals surface area contributed by atoms with Crippen LogP contribution in [-0.4, -0.2) is 33.0 Å². The Kier molecular flexibility index (Phi) is 7.73. The normalized spacial score (nSPS) is 16.5. The number of aromatic nitrogens is 3. The Morgan fingerprint density at radius 1 is 1.03 bits per heavy atom. The molecule has 7 heteroatoms. The Morgan fingerprint density at radius 3 is 2.56 bits per heavy atom. The summed E-state index contributed by atoms with van der Waals surface area (Å²) in [5.74, 6) is 2.06. The van der Waals surface area contributed by atoms with E-state index in [9.17, 15) is 9.59 Å². The molecule has 1 amide bonds. The number of hydrogen-bond donors (Lipinski definition) is 0. The van der Waals surface area contributed by atoms with Crippen LogP contribution in [0.25, 0.3) is 17.0 Å². The van der Waals surface area contributed by atoms with Gasteiger partial charge in [0.1, 0.15) is 0 Å². The number of unbranched alkanes of at least 4 members (excludes halogenated alkanes) is 2. The molecule has 1 saturated heterocycles.